The molecule has 124 valence electrons. The molecular weight excluding hydrogens is 290 g/mol. The minimum absolute atomic E-state index is 0.146. The first kappa shape index (κ1) is 16.1. The summed E-state index contributed by atoms with van der Waals surface area (Å²) in [5.74, 6) is 0.464. The average molecular weight is 315 g/mol. The van der Waals surface area contributed by atoms with Crippen LogP contribution >= 0.6 is 0 Å². The highest BCUT2D eigenvalue weighted by atomic mass is 16.2. The first-order valence-corrected chi connectivity index (χ1v) is 8.59. The fraction of sp³-hybridized carbons (Fsp3) is 0.556. The molecule has 2 aliphatic heterocycles. The molecule has 23 heavy (non-hydrogen) atoms. The molecule has 0 saturated carbocycles. The zero-order valence-corrected chi connectivity index (χ0v) is 13.8. The summed E-state index contributed by atoms with van der Waals surface area (Å²) < 4.78 is 0. The van der Waals surface area contributed by atoms with Gasteiger partial charge >= 0.3 is 0 Å². The monoisotopic (exact) mass is 315 g/mol. The number of likely N-dealkylation sites (tertiary alicyclic amines) is 1. The Morgan fingerprint density at radius 2 is 1.65 bits per heavy atom. The van der Waals surface area contributed by atoms with E-state index in [-0.39, 0.29) is 11.8 Å². The molecule has 1 aromatic rings. The molecule has 2 heterocycles. The lowest BCUT2D eigenvalue weighted by molar-refractivity contribution is 0.0626. The fourth-order valence-electron chi connectivity index (χ4n) is 3.45. The molecule has 1 saturated heterocycles. The number of piperidine rings is 1. The maximum atomic E-state index is 12.3. The molecule has 5 heteroatoms. The van der Waals surface area contributed by atoms with E-state index in [1.807, 2.05) is 12.1 Å². The standard InChI is InChI=1S/C18H25N3O2/c1-2-19-13-14-7-9-20(10-8-14)11-12-21-17(22)15-5-3-4-6-16(15)18(21)23/h3-6,14,19H,2,7-13H2,1H3. The molecular formula is C18H25N3O2. The highest BCUT2D eigenvalue weighted by Gasteiger charge is 2.35. The van der Waals surface area contributed by atoms with Gasteiger partial charge in [-0.1, -0.05) is 19.1 Å². The predicted molar refractivity (Wildman–Crippen MR) is 89.5 cm³/mol. The van der Waals surface area contributed by atoms with Crippen LogP contribution in [0, 0.1) is 5.92 Å². The second-order valence-corrected chi connectivity index (χ2v) is 6.40. The van der Waals surface area contributed by atoms with Gasteiger partial charge in [-0.05, 0) is 57.1 Å². The molecule has 1 aromatic carbocycles. The van der Waals surface area contributed by atoms with Gasteiger partial charge < -0.3 is 10.2 Å². The number of rotatable bonds is 6. The number of imide groups is 1. The van der Waals surface area contributed by atoms with E-state index in [0.717, 1.165) is 38.6 Å². The van der Waals surface area contributed by atoms with Gasteiger partial charge in [-0.2, -0.15) is 0 Å². The number of nitrogens with zero attached hydrogens (tertiary/aromatic N) is 2. The molecule has 1 N–H and O–H groups in total. The van der Waals surface area contributed by atoms with E-state index in [4.69, 9.17) is 0 Å². The lowest BCUT2D eigenvalue weighted by Crippen LogP contribution is -2.42. The summed E-state index contributed by atoms with van der Waals surface area (Å²) in [6, 6.07) is 7.09. The van der Waals surface area contributed by atoms with Crippen molar-refractivity contribution in [1.29, 1.82) is 0 Å². The van der Waals surface area contributed by atoms with Crippen molar-refractivity contribution in [3.8, 4) is 0 Å². The second-order valence-electron chi connectivity index (χ2n) is 6.40. The highest BCUT2D eigenvalue weighted by Crippen LogP contribution is 2.22. The van der Waals surface area contributed by atoms with Crippen LogP contribution in [0.5, 0.6) is 0 Å². The van der Waals surface area contributed by atoms with Crippen LogP contribution < -0.4 is 5.32 Å². The number of amides is 2. The van der Waals surface area contributed by atoms with Crippen LogP contribution in [0.1, 0.15) is 40.5 Å². The second kappa shape index (κ2) is 7.23. The Kier molecular flexibility index (Phi) is 5.08. The Morgan fingerprint density at radius 1 is 1.04 bits per heavy atom. The molecule has 0 bridgehead atoms. The van der Waals surface area contributed by atoms with Crippen LogP contribution in [-0.2, 0) is 0 Å². The van der Waals surface area contributed by atoms with Gasteiger partial charge in [-0.25, -0.2) is 0 Å². The summed E-state index contributed by atoms with van der Waals surface area (Å²) in [4.78, 5) is 28.4. The molecule has 2 aliphatic rings. The van der Waals surface area contributed by atoms with Crippen LogP contribution in [0.25, 0.3) is 0 Å². The quantitative estimate of drug-likeness (QED) is 0.810. The Morgan fingerprint density at radius 3 is 2.22 bits per heavy atom. The topological polar surface area (TPSA) is 52.6 Å². The largest absolute Gasteiger partial charge is 0.317 e. The van der Waals surface area contributed by atoms with Gasteiger partial charge in [0.25, 0.3) is 11.8 Å². The van der Waals surface area contributed by atoms with Crippen LogP contribution in [0.3, 0.4) is 0 Å². The van der Waals surface area contributed by atoms with Crippen molar-refractivity contribution in [2.24, 2.45) is 5.92 Å². The minimum atomic E-state index is -0.146. The molecule has 0 unspecified atom stereocenters. The van der Waals surface area contributed by atoms with Gasteiger partial charge in [0.05, 0.1) is 11.1 Å². The number of fused-ring (bicyclic) bond motifs is 1. The predicted octanol–water partition coefficient (Wildman–Crippen LogP) is 1.60. The number of carbonyl (C=O) groups is 2. The lowest BCUT2D eigenvalue weighted by Gasteiger charge is -2.32. The Bertz CT molecular complexity index is 544. The van der Waals surface area contributed by atoms with Gasteiger partial charge in [-0.15, -0.1) is 0 Å². The van der Waals surface area contributed by atoms with Crippen LogP contribution in [0.4, 0.5) is 0 Å². The van der Waals surface area contributed by atoms with E-state index in [0.29, 0.717) is 17.7 Å². The van der Waals surface area contributed by atoms with Gasteiger partial charge in [0.2, 0.25) is 0 Å². The normalized spacial score (nSPS) is 19.4. The highest BCUT2D eigenvalue weighted by molar-refractivity contribution is 6.21. The summed E-state index contributed by atoms with van der Waals surface area (Å²) in [6.45, 7) is 7.64. The zero-order chi connectivity index (χ0) is 16.2. The molecule has 0 radical (unpaired) electrons. The van der Waals surface area contributed by atoms with E-state index in [1.54, 1.807) is 12.1 Å². The summed E-state index contributed by atoms with van der Waals surface area (Å²) in [7, 11) is 0. The summed E-state index contributed by atoms with van der Waals surface area (Å²) in [6.07, 6.45) is 2.38. The Labute approximate surface area is 137 Å². The van der Waals surface area contributed by atoms with Gasteiger partial charge in [-0.3, -0.25) is 14.5 Å². The van der Waals surface area contributed by atoms with Gasteiger partial charge in [0.1, 0.15) is 0 Å². The van der Waals surface area contributed by atoms with E-state index in [1.165, 1.54) is 17.7 Å². The molecule has 0 atom stereocenters. The SMILES string of the molecule is CCNCC1CCN(CCN2C(=O)c3ccccc3C2=O)CC1. The summed E-state index contributed by atoms with van der Waals surface area (Å²) in [5, 5.41) is 3.42. The van der Waals surface area contributed by atoms with E-state index in [2.05, 4.69) is 17.1 Å². The fourth-order valence-corrected chi connectivity index (χ4v) is 3.45. The van der Waals surface area contributed by atoms with Gasteiger partial charge in [0.15, 0.2) is 0 Å². The maximum Gasteiger partial charge on any atom is 0.261 e. The summed E-state index contributed by atoms with van der Waals surface area (Å²) in [5.41, 5.74) is 1.09. The molecule has 2 amide bonds. The smallest absolute Gasteiger partial charge is 0.261 e. The molecule has 0 aliphatic carbocycles. The first-order valence-electron chi connectivity index (χ1n) is 8.59. The first-order chi connectivity index (χ1) is 11.2. The average Bonchev–Trinajstić information content (AvgIpc) is 2.84. The number of hydrogen-bond donors (Lipinski definition) is 1. The van der Waals surface area contributed by atoms with Crippen LogP contribution in [0.15, 0.2) is 24.3 Å². The van der Waals surface area contributed by atoms with E-state index >= 15 is 0 Å². The molecule has 3 rings (SSSR count). The zero-order valence-electron chi connectivity index (χ0n) is 13.8. The van der Waals surface area contributed by atoms with Crippen molar-refractivity contribution in [2.75, 3.05) is 39.3 Å². The number of benzene rings is 1. The lowest BCUT2D eigenvalue weighted by atomic mass is 9.97. The van der Waals surface area contributed by atoms with Crippen molar-refractivity contribution in [2.45, 2.75) is 19.8 Å². The van der Waals surface area contributed by atoms with E-state index < -0.39 is 0 Å². The van der Waals surface area contributed by atoms with Crippen molar-refractivity contribution < 1.29 is 9.59 Å². The number of hydrogen-bond acceptors (Lipinski definition) is 4. The Balaban J connectivity index is 1.49. The summed E-state index contributed by atoms with van der Waals surface area (Å²) >= 11 is 0. The van der Waals surface area contributed by atoms with Crippen molar-refractivity contribution >= 4 is 11.8 Å². The van der Waals surface area contributed by atoms with Crippen LogP contribution in [0.2, 0.25) is 0 Å². The minimum Gasteiger partial charge on any atom is -0.317 e. The molecule has 5 nitrogen and oxygen atoms in total. The van der Waals surface area contributed by atoms with Crippen molar-refractivity contribution in [3.63, 3.8) is 0 Å². The maximum absolute atomic E-state index is 12.3. The van der Waals surface area contributed by atoms with E-state index in [9.17, 15) is 9.59 Å². The number of carbonyl (C=O) groups excluding carboxylic acids is 2. The number of nitrogens with one attached hydrogen (secondary N) is 1. The van der Waals surface area contributed by atoms with Gasteiger partial charge in [0, 0.05) is 13.1 Å². The molecule has 0 aromatic heterocycles. The van der Waals surface area contributed by atoms with Crippen molar-refractivity contribution in [3.05, 3.63) is 35.4 Å². The van der Waals surface area contributed by atoms with Crippen LogP contribution in [-0.4, -0.2) is 60.9 Å². The third kappa shape index (κ3) is 3.46. The molecule has 0 spiro atoms. The Hall–Kier alpha value is -1.72. The third-order valence-corrected chi connectivity index (χ3v) is 4.91. The van der Waals surface area contributed by atoms with Crippen molar-refractivity contribution in [1.82, 2.24) is 15.1 Å². The third-order valence-electron chi connectivity index (χ3n) is 4.91. The molecule has 1 fully saturated rings.